The van der Waals surface area contributed by atoms with Gasteiger partial charge in [-0.05, 0) is 32.7 Å². The van der Waals surface area contributed by atoms with Gasteiger partial charge >= 0.3 is 0 Å². The summed E-state index contributed by atoms with van der Waals surface area (Å²) in [5.41, 5.74) is 0. The molecule has 0 aliphatic carbocycles. The molecule has 4 nitrogen and oxygen atoms in total. The molecule has 0 aliphatic rings. The van der Waals surface area contributed by atoms with Crippen molar-refractivity contribution in [1.82, 2.24) is 5.32 Å². The maximum atomic E-state index is 5.76. The molecule has 0 aromatic heterocycles. The van der Waals surface area contributed by atoms with Crippen LogP contribution in [0.3, 0.4) is 0 Å². The topological polar surface area (TPSA) is 39.7 Å². The van der Waals surface area contributed by atoms with Gasteiger partial charge in [-0.1, -0.05) is 6.92 Å². The van der Waals surface area contributed by atoms with E-state index in [4.69, 9.17) is 14.2 Å². The highest BCUT2D eigenvalue weighted by Gasteiger charge is 2.04. The number of hydrogen-bond donors (Lipinski definition) is 1. The average Bonchev–Trinajstić information content (AvgIpc) is 2.49. The van der Waals surface area contributed by atoms with Crippen molar-refractivity contribution in [2.24, 2.45) is 0 Å². The van der Waals surface area contributed by atoms with E-state index in [0.29, 0.717) is 12.6 Å². The molecule has 1 aromatic carbocycles. The zero-order chi connectivity index (χ0) is 14.8. The van der Waals surface area contributed by atoms with E-state index in [9.17, 15) is 0 Å². The number of hydrogen-bond acceptors (Lipinski definition) is 4. The summed E-state index contributed by atoms with van der Waals surface area (Å²) in [5.74, 6) is 2.28. The summed E-state index contributed by atoms with van der Waals surface area (Å²) in [6.45, 7) is 6.17. The minimum Gasteiger partial charge on any atom is -0.496 e. The molecule has 1 rings (SSSR count). The van der Waals surface area contributed by atoms with Crippen molar-refractivity contribution < 1.29 is 14.2 Å². The van der Waals surface area contributed by atoms with Crippen molar-refractivity contribution >= 4 is 0 Å². The molecule has 1 unspecified atom stereocenters. The Labute approximate surface area is 122 Å². The number of ether oxygens (including phenoxy) is 3. The van der Waals surface area contributed by atoms with E-state index in [1.807, 2.05) is 18.2 Å². The van der Waals surface area contributed by atoms with Gasteiger partial charge in [0.1, 0.15) is 17.2 Å². The van der Waals surface area contributed by atoms with Gasteiger partial charge in [0.25, 0.3) is 0 Å². The van der Waals surface area contributed by atoms with Crippen molar-refractivity contribution in [3.63, 3.8) is 0 Å². The molecule has 20 heavy (non-hydrogen) atoms. The average molecular weight is 281 g/mol. The molecule has 0 amide bonds. The molecule has 0 bridgehead atoms. The molecule has 0 saturated carbocycles. The zero-order valence-corrected chi connectivity index (χ0v) is 13.1. The first-order chi connectivity index (χ1) is 9.69. The standard InChI is InChI=1S/C16H27NO3/c1-5-8-17-13(2)7-6-9-20-16-11-14(18-3)10-15(12-16)19-4/h10-13,17H,5-9H2,1-4H3. The molecular weight excluding hydrogens is 254 g/mol. The third kappa shape index (κ3) is 6.15. The Bertz CT molecular complexity index is 360. The largest absolute Gasteiger partial charge is 0.496 e. The number of benzene rings is 1. The number of methoxy groups -OCH3 is 2. The molecular formula is C16H27NO3. The molecule has 0 radical (unpaired) electrons. The van der Waals surface area contributed by atoms with E-state index < -0.39 is 0 Å². The SMILES string of the molecule is CCCNC(C)CCCOc1cc(OC)cc(OC)c1. The van der Waals surface area contributed by atoms with Crippen LogP contribution in [0.25, 0.3) is 0 Å². The Morgan fingerprint density at radius 3 is 2.20 bits per heavy atom. The fraction of sp³-hybridized carbons (Fsp3) is 0.625. The van der Waals surface area contributed by atoms with Crippen LogP contribution in [-0.2, 0) is 0 Å². The lowest BCUT2D eigenvalue weighted by atomic mass is 10.2. The van der Waals surface area contributed by atoms with Gasteiger partial charge in [0, 0.05) is 24.2 Å². The predicted molar refractivity (Wildman–Crippen MR) is 82.0 cm³/mol. The van der Waals surface area contributed by atoms with Crippen LogP contribution >= 0.6 is 0 Å². The fourth-order valence-corrected chi connectivity index (χ4v) is 1.94. The molecule has 4 heteroatoms. The van der Waals surface area contributed by atoms with Crippen LogP contribution in [0.4, 0.5) is 0 Å². The minimum absolute atomic E-state index is 0.540. The third-order valence-electron chi connectivity index (χ3n) is 3.12. The van der Waals surface area contributed by atoms with Gasteiger partial charge in [-0.2, -0.15) is 0 Å². The molecule has 0 heterocycles. The highest BCUT2D eigenvalue weighted by molar-refractivity contribution is 5.41. The summed E-state index contributed by atoms with van der Waals surface area (Å²) in [6.07, 6.45) is 3.31. The lowest BCUT2D eigenvalue weighted by molar-refractivity contribution is 0.293. The van der Waals surface area contributed by atoms with Crippen LogP contribution in [-0.4, -0.2) is 33.4 Å². The molecule has 0 spiro atoms. The molecule has 1 aromatic rings. The molecule has 0 fully saturated rings. The van der Waals surface area contributed by atoms with Gasteiger partial charge in [0.15, 0.2) is 0 Å². The van der Waals surface area contributed by atoms with E-state index in [-0.39, 0.29) is 0 Å². The molecule has 1 N–H and O–H groups in total. The minimum atomic E-state index is 0.540. The predicted octanol–water partition coefficient (Wildman–Crippen LogP) is 3.25. The molecule has 0 aliphatic heterocycles. The summed E-state index contributed by atoms with van der Waals surface area (Å²) in [5, 5.41) is 3.47. The second-order valence-electron chi connectivity index (χ2n) is 4.89. The summed E-state index contributed by atoms with van der Waals surface area (Å²) < 4.78 is 16.2. The van der Waals surface area contributed by atoms with E-state index in [1.165, 1.54) is 6.42 Å². The second kappa shape index (κ2) is 9.48. The van der Waals surface area contributed by atoms with Gasteiger partial charge < -0.3 is 19.5 Å². The van der Waals surface area contributed by atoms with Gasteiger partial charge in [0.05, 0.1) is 20.8 Å². The van der Waals surface area contributed by atoms with Crippen LogP contribution in [0.5, 0.6) is 17.2 Å². The van der Waals surface area contributed by atoms with Crippen molar-refractivity contribution in [2.45, 2.75) is 39.2 Å². The zero-order valence-electron chi connectivity index (χ0n) is 13.1. The second-order valence-corrected chi connectivity index (χ2v) is 4.89. The fourth-order valence-electron chi connectivity index (χ4n) is 1.94. The van der Waals surface area contributed by atoms with Crippen molar-refractivity contribution in [2.75, 3.05) is 27.4 Å². The van der Waals surface area contributed by atoms with E-state index in [1.54, 1.807) is 14.2 Å². The summed E-state index contributed by atoms with van der Waals surface area (Å²) in [6, 6.07) is 6.13. The maximum Gasteiger partial charge on any atom is 0.126 e. The molecule has 0 saturated heterocycles. The van der Waals surface area contributed by atoms with E-state index >= 15 is 0 Å². The lowest BCUT2D eigenvalue weighted by Gasteiger charge is -2.14. The Morgan fingerprint density at radius 2 is 1.65 bits per heavy atom. The number of rotatable bonds is 10. The first-order valence-electron chi connectivity index (χ1n) is 7.28. The monoisotopic (exact) mass is 281 g/mol. The van der Waals surface area contributed by atoms with Crippen LogP contribution in [0.1, 0.15) is 33.1 Å². The first kappa shape index (κ1) is 16.6. The normalized spacial score (nSPS) is 12.0. The van der Waals surface area contributed by atoms with Crippen molar-refractivity contribution in [1.29, 1.82) is 0 Å². The van der Waals surface area contributed by atoms with Crippen LogP contribution in [0, 0.1) is 0 Å². The van der Waals surface area contributed by atoms with Gasteiger partial charge in [-0.3, -0.25) is 0 Å². The van der Waals surface area contributed by atoms with E-state index in [0.717, 1.165) is 36.6 Å². The smallest absolute Gasteiger partial charge is 0.126 e. The quantitative estimate of drug-likeness (QED) is 0.668. The number of nitrogens with one attached hydrogen (secondary N) is 1. The Hall–Kier alpha value is -1.42. The summed E-state index contributed by atoms with van der Waals surface area (Å²) in [7, 11) is 3.28. The van der Waals surface area contributed by atoms with Gasteiger partial charge in [0.2, 0.25) is 0 Å². The highest BCUT2D eigenvalue weighted by Crippen LogP contribution is 2.27. The lowest BCUT2D eigenvalue weighted by Crippen LogP contribution is -2.26. The first-order valence-corrected chi connectivity index (χ1v) is 7.28. The van der Waals surface area contributed by atoms with Gasteiger partial charge in [-0.15, -0.1) is 0 Å². The third-order valence-corrected chi connectivity index (χ3v) is 3.12. The van der Waals surface area contributed by atoms with Crippen LogP contribution in [0.2, 0.25) is 0 Å². The summed E-state index contributed by atoms with van der Waals surface area (Å²) in [4.78, 5) is 0. The van der Waals surface area contributed by atoms with Gasteiger partial charge in [-0.25, -0.2) is 0 Å². The maximum absolute atomic E-state index is 5.76. The van der Waals surface area contributed by atoms with Crippen LogP contribution in [0.15, 0.2) is 18.2 Å². The Morgan fingerprint density at radius 1 is 1.05 bits per heavy atom. The highest BCUT2D eigenvalue weighted by atomic mass is 16.5. The Kier molecular flexibility index (Phi) is 7.88. The molecule has 114 valence electrons. The van der Waals surface area contributed by atoms with E-state index in [2.05, 4.69) is 19.2 Å². The van der Waals surface area contributed by atoms with Crippen molar-refractivity contribution in [3.8, 4) is 17.2 Å². The van der Waals surface area contributed by atoms with Crippen molar-refractivity contribution in [3.05, 3.63) is 18.2 Å². The molecule has 1 atom stereocenters. The van der Waals surface area contributed by atoms with Crippen LogP contribution < -0.4 is 19.5 Å². The Balaban J connectivity index is 2.34. The summed E-state index contributed by atoms with van der Waals surface area (Å²) >= 11 is 0.